The van der Waals surface area contributed by atoms with E-state index in [0.29, 0.717) is 0 Å². The molecule has 1 aromatic carbocycles. The molecule has 17 heavy (non-hydrogen) atoms. The van der Waals surface area contributed by atoms with E-state index >= 15 is 0 Å². The van der Waals surface area contributed by atoms with Gasteiger partial charge in [-0.05, 0) is 12.0 Å². The molecule has 1 rings (SSSR count). The normalized spacial score (nSPS) is 12.6. The van der Waals surface area contributed by atoms with Gasteiger partial charge in [0.1, 0.15) is 0 Å². The molecule has 0 unspecified atom stereocenters. The Labute approximate surface area is 94.2 Å². The van der Waals surface area contributed by atoms with Gasteiger partial charge in [-0.15, -0.1) is 0 Å². The molecule has 0 aliphatic rings. The second-order valence-corrected chi connectivity index (χ2v) is 3.41. The second-order valence-electron chi connectivity index (χ2n) is 3.41. The van der Waals surface area contributed by atoms with E-state index in [4.69, 9.17) is 0 Å². The van der Waals surface area contributed by atoms with Crippen molar-refractivity contribution in [3.05, 3.63) is 35.4 Å². The Morgan fingerprint density at radius 1 is 1.12 bits per heavy atom. The highest BCUT2D eigenvalue weighted by Gasteiger charge is 2.63. The average molecular weight is 252 g/mol. The van der Waals surface area contributed by atoms with Gasteiger partial charge in [0.15, 0.2) is 0 Å². The Hall–Kier alpha value is -1.46. The molecule has 6 heteroatoms. The van der Waals surface area contributed by atoms with E-state index < -0.39 is 23.4 Å². The number of ketones is 1. The van der Waals surface area contributed by atoms with Crippen LogP contribution in [0.15, 0.2) is 24.3 Å². The minimum Gasteiger partial charge on any atom is -0.287 e. The lowest BCUT2D eigenvalue weighted by Crippen LogP contribution is -2.44. The predicted octanol–water partition coefficient (Wildman–Crippen LogP) is 3.63. The molecular weight excluding hydrogens is 243 g/mol. The van der Waals surface area contributed by atoms with Gasteiger partial charge in [0.2, 0.25) is 5.78 Å². The minimum atomic E-state index is -5.87. The van der Waals surface area contributed by atoms with Crippen LogP contribution >= 0.6 is 0 Å². The Kier molecular flexibility index (Phi) is 3.54. The van der Waals surface area contributed by atoms with E-state index in [1.165, 1.54) is 18.2 Å². The fraction of sp³-hybridized carbons (Fsp3) is 0.364. The highest BCUT2D eigenvalue weighted by Crippen LogP contribution is 2.38. The molecule has 0 spiro atoms. The SMILES string of the molecule is CCc1ccccc1C(=O)C(F)(F)C(F)(F)F. The zero-order valence-corrected chi connectivity index (χ0v) is 8.81. The van der Waals surface area contributed by atoms with Crippen molar-refractivity contribution < 1.29 is 26.7 Å². The van der Waals surface area contributed by atoms with Crippen LogP contribution in [0.1, 0.15) is 22.8 Å². The Morgan fingerprint density at radius 2 is 1.65 bits per heavy atom. The molecule has 0 bridgehead atoms. The number of halogens is 5. The van der Waals surface area contributed by atoms with Crippen molar-refractivity contribution in [3.63, 3.8) is 0 Å². The van der Waals surface area contributed by atoms with Gasteiger partial charge in [0.05, 0.1) is 0 Å². The number of hydrogen-bond donors (Lipinski definition) is 0. The smallest absolute Gasteiger partial charge is 0.287 e. The van der Waals surface area contributed by atoms with E-state index in [0.717, 1.165) is 6.07 Å². The van der Waals surface area contributed by atoms with Crippen LogP contribution in [0.25, 0.3) is 0 Å². The monoisotopic (exact) mass is 252 g/mol. The molecule has 0 amide bonds. The molecule has 1 aromatic rings. The molecule has 0 aromatic heterocycles. The standard InChI is InChI=1S/C11H9F5O/c1-2-7-5-3-4-6-8(7)9(17)10(12,13)11(14,15)16/h3-6H,2H2,1H3. The van der Waals surface area contributed by atoms with Gasteiger partial charge >= 0.3 is 12.1 Å². The third-order valence-corrected chi connectivity index (χ3v) is 2.28. The second kappa shape index (κ2) is 4.43. The highest BCUT2D eigenvalue weighted by atomic mass is 19.4. The van der Waals surface area contributed by atoms with Crippen LogP contribution in [0, 0.1) is 0 Å². The molecule has 0 N–H and O–H groups in total. The fourth-order valence-corrected chi connectivity index (χ4v) is 1.35. The summed E-state index contributed by atoms with van der Waals surface area (Å²) >= 11 is 0. The van der Waals surface area contributed by atoms with Gasteiger partial charge in [-0.2, -0.15) is 22.0 Å². The first-order chi connectivity index (χ1) is 7.71. The maximum absolute atomic E-state index is 12.9. The van der Waals surface area contributed by atoms with E-state index in [1.54, 1.807) is 6.92 Å². The quantitative estimate of drug-likeness (QED) is 0.593. The summed E-state index contributed by atoms with van der Waals surface area (Å²) in [5, 5.41) is 0. The average Bonchev–Trinajstić information content (AvgIpc) is 2.26. The summed E-state index contributed by atoms with van der Waals surface area (Å²) < 4.78 is 61.8. The molecule has 0 saturated heterocycles. The number of aryl methyl sites for hydroxylation is 1. The lowest BCUT2D eigenvalue weighted by atomic mass is 9.98. The molecule has 0 radical (unpaired) electrons. The molecule has 94 valence electrons. The number of rotatable bonds is 3. The van der Waals surface area contributed by atoms with Crippen molar-refractivity contribution in [2.75, 3.05) is 0 Å². The molecule has 0 fully saturated rings. The summed E-state index contributed by atoms with van der Waals surface area (Å²) in [7, 11) is 0. The van der Waals surface area contributed by atoms with Crippen LogP contribution in [0.3, 0.4) is 0 Å². The molecule has 0 atom stereocenters. The van der Waals surface area contributed by atoms with Crippen molar-refractivity contribution in [2.45, 2.75) is 25.4 Å². The summed E-state index contributed by atoms with van der Waals surface area (Å²) in [6.07, 6.45) is -5.67. The van der Waals surface area contributed by atoms with Crippen LogP contribution in [-0.2, 0) is 6.42 Å². The van der Waals surface area contributed by atoms with Gasteiger partial charge < -0.3 is 0 Å². The van der Waals surface area contributed by atoms with Crippen LogP contribution in [0.4, 0.5) is 22.0 Å². The lowest BCUT2D eigenvalue weighted by molar-refractivity contribution is -0.255. The zero-order valence-electron chi connectivity index (χ0n) is 8.81. The van der Waals surface area contributed by atoms with Gasteiger partial charge in [-0.1, -0.05) is 31.2 Å². The van der Waals surface area contributed by atoms with Crippen molar-refractivity contribution in [1.82, 2.24) is 0 Å². The maximum Gasteiger partial charge on any atom is 0.461 e. The first kappa shape index (κ1) is 13.6. The van der Waals surface area contributed by atoms with E-state index in [1.807, 2.05) is 0 Å². The summed E-state index contributed by atoms with van der Waals surface area (Å²) in [4.78, 5) is 11.2. The van der Waals surface area contributed by atoms with Crippen molar-refractivity contribution in [1.29, 1.82) is 0 Å². The van der Waals surface area contributed by atoms with Crippen molar-refractivity contribution in [2.24, 2.45) is 0 Å². The van der Waals surface area contributed by atoms with Gasteiger partial charge in [-0.3, -0.25) is 4.79 Å². The largest absolute Gasteiger partial charge is 0.461 e. The Bertz CT molecular complexity index is 422. The van der Waals surface area contributed by atoms with E-state index in [2.05, 4.69) is 0 Å². The zero-order chi connectivity index (χ0) is 13.3. The molecule has 0 heterocycles. The summed E-state index contributed by atoms with van der Waals surface area (Å²) in [6.45, 7) is 1.57. The maximum atomic E-state index is 12.9. The van der Waals surface area contributed by atoms with Gasteiger partial charge in [0, 0.05) is 5.56 Å². The summed E-state index contributed by atoms with van der Waals surface area (Å²) in [6, 6.07) is 5.04. The first-order valence-electron chi connectivity index (χ1n) is 4.79. The Morgan fingerprint density at radius 3 is 2.12 bits per heavy atom. The Balaban J connectivity index is 3.22. The topological polar surface area (TPSA) is 17.1 Å². The third-order valence-electron chi connectivity index (χ3n) is 2.28. The highest BCUT2D eigenvalue weighted by molar-refractivity contribution is 6.03. The fourth-order valence-electron chi connectivity index (χ4n) is 1.35. The number of alkyl halides is 5. The molecule has 1 nitrogen and oxygen atoms in total. The van der Waals surface area contributed by atoms with E-state index in [-0.39, 0.29) is 12.0 Å². The predicted molar refractivity (Wildman–Crippen MR) is 51.2 cm³/mol. The summed E-state index contributed by atoms with van der Waals surface area (Å²) in [5.74, 6) is -7.56. The molecule has 0 aliphatic heterocycles. The number of carbonyl (C=O) groups is 1. The van der Waals surface area contributed by atoms with E-state index in [9.17, 15) is 26.7 Å². The first-order valence-corrected chi connectivity index (χ1v) is 4.79. The third kappa shape index (κ3) is 2.45. The number of benzene rings is 1. The van der Waals surface area contributed by atoms with Gasteiger partial charge in [0.25, 0.3) is 0 Å². The van der Waals surface area contributed by atoms with Crippen LogP contribution in [-0.4, -0.2) is 17.9 Å². The summed E-state index contributed by atoms with van der Waals surface area (Å²) in [5.41, 5.74) is -0.418. The van der Waals surface area contributed by atoms with Crippen LogP contribution in [0.5, 0.6) is 0 Å². The van der Waals surface area contributed by atoms with Crippen molar-refractivity contribution in [3.8, 4) is 0 Å². The molecular formula is C11H9F5O. The molecule has 0 saturated carbocycles. The van der Waals surface area contributed by atoms with Crippen LogP contribution < -0.4 is 0 Å². The van der Waals surface area contributed by atoms with Gasteiger partial charge in [-0.25, -0.2) is 0 Å². The number of carbonyl (C=O) groups excluding carboxylic acids is 1. The van der Waals surface area contributed by atoms with Crippen molar-refractivity contribution >= 4 is 5.78 Å². The number of Topliss-reactive ketones (excluding diaryl/α,β-unsaturated/α-hetero) is 1. The molecule has 0 aliphatic carbocycles. The number of hydrogen-bond acceptors (Lipinski definition) is 1. The minimum absolute atomic E-state index is 0.168. The lowest BCUT2D eigenvalue weighted by Gasteiger charge is -2.19. The van der Waals surface area contributed by atoms with Crippen LogP contribution in [0.2, 0.25) is 0 Å².